The van der Waals surface area contributed by atoms with Gasteiger partial charge in [-0.3, -0.25) is 4.79 Å². The van der Waals surface area contributed by atoms with Crippen molar-refractivity contribution >= 4 is 37.6 Å². The first-order valence-electron chi connectivity index (χ1n) is 11.5. The number of hydrogen-bond acceptors (Lipinski definition) is 3. The van der Waals surface area contributed by atoms with Crippen molar-refractivity contribution < 1.29 is 18.7 Å². The molecule has 0 bridgehead atoms. The Balaban J connectivity index is 1.81. The summed E-state index contributed by atoms with van der Waals surface area (Å²) in [7, 11) is 0. The summed E-state index contributed by atoms with van der Waals surface area (Å²) in [6.45, 7) is 6.31. The van der Waals surface area contributed by atoms with Gasteiger partial charge in [0, 0.05) is 11.1 Å². The van der Waals surface area contributed by atoms with E-state index in [1.807, 2.05) is 49.4 Å². The number of hydrogen-bond donors (Lipinski definition) is 0. The summed E-state index contributed by atoms with van der Waals surface area (Å²) in [6, 6.07) is 22.9. The minimum atomic E-state index is -0.299. The molecule has 0 spiro atoms. The van der Waals surface area contributed by atoms with Crippen LogP contribution in [0.2, 0.25) is 0 Å². The van der Waals surface area contributed by atoms with Gasteiger partial charge in [0.25, 0.3) is 0 Å². The van der Waals surface area contributed by atoms with E-state index in [-0.39, 0.29) is 24.1 Å². The quantitative estimate of drug-likeness (QED) is 0.186. The molecule has 6 heteroatoms. The number of halogens is 3. The molecule has 4 aromatic carbocycles. The lowest BCUT2D eigenvalue weighted by Gasteiger charge is -2.20. The number of ketones is 1. The van der Waals surface area contributed by atoms with Crippen LogP contribution in [0.4, 0.5) is 4.39 Å². The number of aryl methyl sites for hydroxylation is 1. The Hall–Kier alpha value is -2.96. The molecule has 4 rings (SSSR count). The van der Waals surface area contributed by atoms with Crippen LogP contribution in [0.5, 0.6) is 17.2 Å². The molecular weight excluding hydrogens is 587 g/mol. The highest BCUT2D eigenvalue weighted by molar-refractivity contribution is 9.11. The van der Waals surface area contributed by atoms with Gasteiger partial charge in [-0.2, -0.15) is 0 Å². The van der Waals surface area contributed by atoms with E-state index in [2.05, 4.69) is 45.7 Å². The first kappa shape index (κ1) is 26.1. The van der Waals surface area contributed by atoms with E-state index >= 15 is 0 Å². The minimum Gasteiger partial charge on any atom is -0.489 e. The topological polar surface area (TPSA) is 35.5 Å². The van der Waals surface area contributed by atoms with Crippen LogP contribution >= 0.6 is 31.9 Å². The summed E-state index contributed by atoms with van der Waals surface area (Å²) >= 11 is 7.09. The maximum Gasteiger partial charge on any atom is 0.196 e. The lowest BCUT2D eigenvalue weighted by molar-refractivity contribution is 0.103. The molecule has 0 aliphatic heterocycles. The fourth-order valence-electron chi connectivity index (χ4n) is 3.79. The van der Waals surface area contributed by atoms with Gasteiger partial charge in [0.2, 0.25) is 0 Å². The van der Waals surface area contributed by atoms with E-state index in [4.69, 9.17) is 9.47 Å². The van der Waals surface area contributed by atoms with Crippen molar-refractivity contribution in [1.82, 2.24) is 0 Å². The van der Waals surface area contributed by atoms with E-state index in [1.54, 1.807) is 24.3 Å². The van der Waals surface area contributed by atoms with Gasteiger partial charge in [-0.25, -0.2) is 4.39 Å². The third kappa shape index (κ3) is 6.05. The molecule has 0 aromatic heterocycles. The highest BCUT2D eigenvalue weighted by Gasteiger charge is 2.22. The highest BCUT2D eigenvalue weighted by atomic mass is 79.9. The van der Waals surface area contributed by atoms with Crippen molar-refractivity contribution in [3.8, 4) is 17.2 Å². The van der Waals surface area contributed by atoms with Crippen LogP contribution in [0.15, 0.2) is 87.8 Å². The van der Waals surface area contributed by atoms with Crippen LogP contribution in [0.25, 0.3) is 0 Å². The number of rotatable bonds is 8. The Labute approximate surface area is 227 Å². The predicted molar refractivity (Wildman–Crippen MR) is 148 cm³/mol. The summed E-state index contributed by atoms with van der Waals surface area (Å²) < 4.78 is 27.4. The average Bonchev–Trinajstić information content (AvgIpc) is 2.85. The van der Waals surface area contributed by atoms with Gasteiger partial charge in [-0.15, -0.1) is 0 Å². The van der Waals surface area contributed by atoms with E-state index in [0.717, 1.165) is 25.6 Å². The third-order valence-corrected chi connectivity index (χ3v) is 6.95. The van der Waals surface area contributed by atoms with Crippen LogP contribution in [0.1, 0.15) is 52.4 Å². The van der Waals surface area contributed by atoms with Crippen LogP contribution in [0, 0.1) is 12.7 Å². The van der Waals surface area contributed by atoms with Crippen molar-refractivity contribution in [2.24, 2.45) is 0 Å². The largest absolute Gasteiger partial charge is 0.489 e. The molecule has 0 atom stereocenters. The molecule has 0 aliphatic rings. The fourth-order valence-corrected chi connectivity index (χ4v) is 4.95. The van der Waals surface area contributed by atoms with Gasteiger partial charge in [-0.05, 0) is 92.7 Å². The molecule has 0 saturated heterocycles. The van der Waals surface area contributed by atoms with E-state index < -0.39 is 0 Å². The maximum absolute atomic E-state index is 13.7. The first-order chi connectivity index (χ1) is 17.2. The summed E-state index contributed by atoms with van der Waals surface area (Å²) in [5.74, 6) is 1.23. The Bertz CT molecular complexity index is 1380. The second-order valence-corrected chi connectivity index (χ2v) is 10.5. The number of benzene rings is 4. The number of carbonyl (C=O) groups excluding carboxylic acids is 1. The van der Waals surface area contributed by atoms with Crippen LogP contribution in [-0.4, -0.2) is 5.78 Å². The number of ether oxygens (including phenoxy) is 2. The lowest BCUT2D eigenvalue weighted by Crippen LogP contribution is -2.08. The summed E-state index contributed by atoms with van der Waals surface area (Å²) in [5.41, 5.74) is 3.67. The third-order valence-electron chi connectivity index (χ3n) is 5.70. The SMILES string of the molecule is Cc1cccc(C(=O)c2cc(OCc3ccc(F)cc3)c(C(C)C)cc2Oc2c(Br)cccc2Br)c1. The van der Waals surface area contributed by atoms with Crippen LogP contribution in [0.3, 0.4) is 0 Å². The van der Waals surface area contributed by atoms with E-state index in [0.29, 0.717) is 28.4 Å². The van der Waals surface area contributed by atoms with Gasteiger partial charge in [0.1, 0.15) is 23.9 Å². The lowest BCUT2D eigenvalue weighted by atomic mass is 9.95. The molecule has 0 amide bonds. The monoisotopic (exact) mass is 610 g/mol. The van der Waals surface area contributed by atoms with Crippen molar-refractivity contribution in [1.29, 1.82) is 0 Å². The van der Waals surface area contributed by atoms with Gasteiger partial charge in [0.15, 0.2) is 11.5 Å². The minimum absolute atomic E-state index is 0.0985. The Kier molecular flexibility index (Phi) is 8.27. The van der Waals surface area contributed by atoms with Crippen LogP contribution < -0.4 is 9.47 Å². The first-order valence-corrected chi connectivity index (χ1v) is 13.1. The number of para-hydroxylation sites is 1. The smallest absolute Gasteiger partial charge is 0.196 e. The molecule has 0 N–H and O–H groups in total. The second kappa shape index (κ2) is 11.4. The second-order valence-electron chi connectivity index (χ2n) is 8.81. The van der Waals surface area contributed by atoms with Gasteiger partial charge < -0.3 is 9.47 Å². The van der Waals surface area contributed by atoms with E-state index in [1.165, 1.54) is 12.1 Å². The number of carbonyl (C=O) groups is 1. The van der Waals surface area contributed by atoms with Crippen molar-refractivity contribution in [2.45, 2.75) is 33.3 Å². The van der Waals surface area contributed by atoms with Gasteiger partial charge in [-0.1, -0.05) is 55.8 Å². The molecule has 0 saturated carbocycles. The van der Waals surface area contributed by atoms with Gasteiger partial charge >= 0.3 is 0 Å². The summed E-state index contributed by atoms with van der Waals surface area (Å²) in [5, 5.41) is 0. The predicted octanol–water partition coefficient (Wildman–Crippen LogP) is 9.38. The standard InChI is InChI=1S/C30H25Br2FO3/c1-18(2)23-15-28(36-30-25(31)8-5-9-26(30)32)24(29(34)21-7-4-6-19(3)14-21)16-27(23)35-17-20-10-12-22(33)13-11-20/h4-16,18H,17H2,1-3H3. The molecule has 0 fully saturated rings. The Morgan fingerprint density at radius 1 is 0.889 bits per heavy atom. The van der Waals surface area contributed by atoms with Crippen molar-refractivity contribution in [3.05, 3.63) is 121 Å². The highest BCUT2D eigenvalue weighted by Crippen LogP contribution is 2.41. The van der Waals surface area contributed by atoms with Gasteiger partial charge in [0.05, 0.1) is 14.5 Å². The Morgan fingerprint density at radius 2 is 1.56 bits per heavy atom. The van der Waals surface area contributed by atoms with Crippen molar-refractivity contribution in [3.63, 3.8) is 0 Å². The average molecular weight is 612 g/mol. The summed E-state index contributed by atoms with van der Waals surface area (Å²) in [6.07, 6.45) is 0. The van der Waals surface area contributed by atoms with E-state index in [9.17, 15) is 9.18 Å². The molecule has 3 nitrogen and oxygen atoms in total. The zero-order chi connectivity index (χ0) is 25.8. The molecule has 0 heterocycles. The molecule has 4 aromatic rings. The summed E-state index contributed by atoms with van der Waals surface area (Å²) in [4.78, 5) is 13.7. The maximum atomic E-state index is 13.7. The normalized spacial score (nSPS) is 11.0. The molecule has 0 aliphatic carbocycles. The fraction of sp³-hybridized carbons (Fsp3) is 0.167. The molecular formula is C30H25Br2FO3. The molecule has 184 valence electrons. The molecule has 0 unspecified atom stereocenters. The van der Waals surface area contributed by atoms with Crippen molar-refractivity contribution in [2.75, 3.05) is 0 Å². The Morgan fingerprint density at radius 3 is 2.19 bits per heavy atom. The zero-order valence-corrected chi connectivity index (χ0v) is 23.3. The van der Waals surface area contributed by atoms with Crippen LogP contribution in [-0.2, 0) is 6.61 Å². The molecule has 0 radical (unpaired) electrons. The molecule has 36 heavy (non-hydrogen) atoms. The zero-order valence-electron chi connectivity index (χ0n) is 20.1.